The van der Waals surface area contributed by atoms with Gasteiger partial charge < -0.3 is 20.1 Å². The first-order valence-electron chi connectivity index (χ1n) is 8.11. The van der Waals surface area contributed by atoms with Gasteiger partial charge in [0.05, 0.1) is 13.7 Å². The first-order chi connectivity index (χ1) is 10.8. The summed E-state index contributed by atoms with van der Waals surface area (Å²) in [5, 5.41) is 6.80. The van der Waals surface area contributed by atoms with Crippen LogP contribution >= 0.6 is 0 Å². The van der Waals surface area contributed by atoms with E-state index >= 15 is 0 Å². The number of ether oxygens (including phenoxy) is 2. The molecule has 1 aromatic rings. The lowest BCUT2D eigenvalue weighted by molar-refractivity contribution is 0.308. The lowest BCUT2D eigenvalue weighted by atomic mass is 10.1. The standard InChI is InChI=1S/C18H30N2O2/c1-5-9-16-12-15(14-20-11-8-10-19-6-2)13-17(21-4)18(16)22-7-3/h5,12-13,19-20H,1,6-11,14H2,2-4H3. The lowest BCUT2D eigenvalue weighted by Gasteiger charge is -2.16. The van der Waals surface area contributed by atoms with E-state index in [9.17, 15) is 0 Å². The van der Waals surface area contributed by atoms with Gasteiger partial charge in [-0.3, -0.25) is 0 Å². The molecule has 4 heteroatoms. The van der Waals surface area contributed by atoms with Crippen LogP contribution in [-0.2, 0) is 13.0 Å². The summed E-state index contributed by atoms with van der Waals surface area (Å²) in [6.07, 6.45) is 3.80. The Hall–Kier alpha value is -1.52. The van der Waals surface area contributed by atoms with Crippen molar-refractivity contribution >= 4 is 0 Å². The molecule has 0 unspecified atom stereocenters. The van der Waals surface area contributed by atoms with Crippen molar-refractivity contribution in [3.05, 3.63) is 35.9 Å². The Morgan fingerprint density at radius 3 is 2.59 bits per heavy atom. The fourth-order valence-corrected chi connectivity index (χ4v) is 2.34. The Kier molecular flexibility index (Phi) is 9.35. The van der Waals surface area contributed by atoms with Gasteiger partial charge >= 0.3 is 0 Å². The van der Waals surface area contributed by atoms with Crippen LogP contribution in [0.5, 0.6) is 11.5 Å². The van der Waals surface area contributed by atoms with E-state index in [0.29, 0.717) is 6.61 Å². The Bertz CT molecular complexity index is 447. The molecule has 22 heavy (non-hydrogen) atoms. The third kappa shape index (κ3) is 6.08. The number of methoxy groups -OCH3 is 1. The molecule has 0 radical (unpaired) electrons. The van der Waals surface area contributed by atoms with Gasteiger partial charge in [-0.2, -0.15) is 0 Å². The fraction of sp³-hybridized carbons (Fsp3) is 0.556. The van der Waals surface area contributed by atoms with Crippen molar-refractivity contribution in [3.8, 4) is 11.5 Å². The summed E-state index contributed by atoms with van der Waals surface area (Å²) in [6, 6.07) is 4.22. The second-order valence-electron chi connectivity index (χ2n) is 5.10. The molecule has 0 heterocycles. The average molecular weight is 306 g/mol. The second kappa shape index (κ2) is 11.1. The Morgan fingerprint density at radius 1 is 1.18 bits per heavy atom. The zero-order valence-electron chi connectivity index (χ0n) is 14.2. The summed E-state index contributed by atoms with van der Waals surface area (Å²) in [4.78, 5) is 0. The van der Waals surface area contributed by atoms with Crippen molar-refractivity contribution < 1.29 is 9.47 Å². The van der Waals surface area contributed by atoms with E-state index in [-0.39, 0.29) is 0 Å². The molecular weight excluding hydrogens is 276 g/mol. The van der Waals surface area contributed by atoms with Crippen LogP contribution in [0.4, 0.5) is 0 Å². The summed E-state index contributed by atoms with van der Waals surface area (Å²) < 4.78 is 11.2. The van der Waals surface area contributed by atoms with Gasteiger partial charge in [0.1, 0.15) is 0 Å². The SMILES string of the molecule is C=CCc1cc(CNCCCNCC)cc(OC)c1OCC. The minimum atomic E-state index is 0.628. The van der Waals surface area contributed by atoms with Gasteiger partial charge in [0.25, 0.3) is 0 Å². The molecule has 0 atom stereocenters. The fourth-order valence-electron chi connectivity index (χ4n) is 2.34. The van der Waals surface area contributed by atoms with Crippen molar-refractivity contribution in [2.75, 3.05) is 33.4 Å². The van der Waals surface area contributed by atoms with Gasteiger partial charge in [-0.25, -0.2) is 0 Å². The molecule has 0 aliphatic rings. The molecule has 1 rings (SSSR count). The maximum absolute atomic E-state index is 5.74. The van der Waals surface area contributed by atoms with E-state index in [1.165, 1.54) is 5.56 Å². The van der Waals surface area contributed by atoms with Crippen LogP contribution in [0.3, 0.4) is 0 Å². The van der Waals surface area contributed by atoms with E-state index in [0.717, 1.165) is 56.1 Å². The Morgan fingerprint density at radius 2 is 1.95 bits per heavy atom. The highest BCUT2D eigenvalue weighted by Crippen LogP contribution is 2.33. The molecule has 4 nitrogen and oxygen atoms in total. The molecule has 0 fully saturated rings. The number of benzene rings is 1. The zero-order valence-corrected chi connectivity index (χ0v) is 14.2. The van der Waals surface area contributed by atoms with Gasteiger partial charge in [-0.05, 0) is 51.0 Å². The summed E-state index contributed by atoms with van der Waals surface area (Å²) in [6.45, 7) is 12.5. The summed E-state index contributed by atoms with van der Waals surface area (Å²) in [5.74, 6) is 1.63. The number of nitrogens with one attached hydrogen (secondary N) is 2. The quantitative estimate of drug-likeness (QED) is 0.460. The molecule has 0 aromatic heterocycles. The highest BCUT2D eigenvalue weighted by molar-refractivity contribution is 5.50. The first-order valence-corrected chi connectivity index (χ1v) is 8.11. The van der Waals surface area contributed by atoms with Gasteiger partial charge in [-0.1, -0.05) is 19.1 Å². The number of hydrogen-bond donors (Lipinski definition) is 2. The van der Waals surface area contributed by atoms with Gasteiger partial charge in [-0.15, -0.1) is 6.58 Å². The third-order valence-electron chi connectivity index (χ3n) is 3.35. The first kappa shape index (κ1) is 18.5. The molecule has 1 aromatic carbocycles. The van der Waals surface area contributed by atoms with Gasteiger partial charge in [0.2, 0.25) is 0 Å². The van der Waals surface area contributed by atoms with Crippen molar-refractivity contribution in [1.82, 2.24) is 10.6 Å². The molecule has 2 N–H and O–H groups in total. The van der Waals surface area contributed by atoms with Crippen LogP contribution in [0.15, 0.2) is 24.8 Å². The van der Waals surface area contributed by atoms with E-state index in [1.54, 1.807) is 7.11 Å². The van der Waals surface area contributed by atoms with Crippen LogP contribution in [0.1, 0.15) is 31.4 Å². The molecule has 0 bridgehead atoms. The number of allylic oxidation sites excluding steroid dienone is 1. The highest BCUT2D eigenvalue weighted by atomic mass is 16.5. The maximum Gasteiger partial charge on any atom is 0.164 e. The predicted octanol–water partition coefficient (Wildman–Crippen LogP) is 2.91. The highest BCUT2D eigenvalue weighted by Gasteiger charge is 2.12. The smallest absolute Gasteiger partial charge is 0.164 e. The van der Waals surface area contributed by atoms with Crippen molar-refractivity contribution in [2.45, 2.75) is 33.2 Å². The molecule has 124 valence electrons. The minimum Gasteiger partial charge on any atom is -0.493 e. The van der Waals surface area contributed by atoms with Gasteiger partial charge in [0.15, 0.2) is 11.5 Å². The minimum absolute atomic E-state index is 0.628. The molecular formula is C18H30N2O2. The van der Waals surface area contributed by atoms with E-state index in [4.69, 9.17) is 9.47 Å². The lowest BCUT2D eigenvalue weighted by Crippen LogP contribution is -2.21. The zero-order chi connectivity index (χ0) is 16.2. The third-order valence-corrected chi connectivity index (χ3v) is 3.35. The summed E-state index contributed by atoms with van der Waals surface area (Å²) in [5.41, 5.74) is 2.33. The predicted molar refractivity (Wildman–Crippen MR) is 92.9 cm³/mol. The molecule has 0 amide bonds. The normalized spacial score (nSPS) is 10.5. The number of hydrogen-bond acceptors (Lipinski definition) is 4. The van der Waals surface area contributed by atoms with Crippen LogP contribution in [0.25, 0.3) is 0 Å². The topological polar surface area (TPSA) is 42.5 Å². The Balaban J connectivity index is 2.70. The van der Waals surface area contributed by atoms with Gasteiger partial charge in [0, 0.05) is 12.1 Å². The molecule has 0 saturated carbocycles. The Labute approximate surface area is 134 Å². The van der Waals surface area contributed by atoms with Crippen LogP contribution in [-0.4, -0.2) is 33.4 Å². The maximum atomic E-state index is 5.74. The monoisotopic (exact) mass is 306 g/mol. The largest absolute Gasteiger partial charge is 0.493 e. The van der Waals surface area contributed by atoms with Crippen molar-refractivity contribution in [2.24, 2.45) is 0 Å². The number of rotatable bonds is 12. The summed E-state index contributed by atoms with van der Waals surface area (Å²) in [7, 11) is 1.68. The van der Waals surface area contributed by atoms with E-state index in [2.05, 4.69) is 36.3 Å². The summed E-state index contributed by atoms with van der Waals surface area (Å²) >= 11 is 0. The van der Waals surface area contributed by atoms with Crippen LogP contribution < -0.4 is 20.1 Å². The van der Waals surface area contributed by atoms with Crippen LogP contribution in [0.2, 0.25) is 0 Å². The van der Waals surface area contributed by atoms with E-state index in [1.807, 2.05) is 13.0 Å². The molecule has 0 saturated heterocycles. The molecule has 0 aliphatic heterocycles. The van der Waals surface area contributed by atoms with Crippen LogP contribution in [0, 0.1) is 0 Å². The van der Waals surface area contributed by atoms with Crippen molar-refractivity contribution in [3.63, 3.8) is 0 Å². The second-order valence-corrected chi connectivity index (χ2v) is 5.10. The van der Waals surface area contributed by atoms with Crippen molar-refractivity contribution in [1.29, 1.82) is 0 Å². The molecule has 0 spiro atoms. The average Bonchev–Trinajstić information content (AvgIpc) is 2.53. The van der Waals surface area contributed by atoms with E-state index < -0.39 is 0 Å². The molecule has 0 aliphatic carbocycles.